The van der Waals surface area contributed by atoms with Gasteiger partial charge in [0.15, 0.2) is 0 Å². The summed E-state index contributed by atoms with van der Waals surface area (Å²) in [6.45, 7) is 9.19. The Morgan fingerprint density at radius 1 is 1.44 bits per heavy atom. The number of anilines is 1. The van der Waals surface area contributed by atoms with Gasteiger partial charge in [-0.1, -0.05) is 13.8 Å². The summed E-state index contributed by atoms with van der Waals surface area (Å²) in [7, 11) is 0. The first kappa shape index (κ1) is 12.5. The van der Waals surface area contributed by atoms with Crippen molar-refractivity contribution in [2.45, 2.75) is 46.1 Å². The van der Waals surface area contributed by atoms with Crippen molar-refractivity contribution in [3.63, 3.8) is 0 Å². The fourth-order valence-corrected chi connectivity index (χ4v) is 1.21. The molecule has 0 spiro atoms. The zero-order valence-corrected chi connectivity index (χ0v) is 10.3. The van der Waals surface area contributed by atoms with Crippen LogP contribution >= 0.6 is 0 Å². The van der Waals surface area contributed by atoms with Gasteiger partial charge in [0.25, 0.3) is 6.01 Å². The number of nitrogens with zero attached hydrogens (tertiary/aromatic N) is 1. The van der Waals surface area contributed by atoms with Gasteiger partial charge in [-0.2, -0.15) is 4.98 Å². The second kappa shape index (κ2) is 4.15. The van der Waals surface area contributed by atoms with E-state index in [1.165, 1.54) is 0 Å². The highest BCUT2D eigenvalue weighted by molar-refractivity contribution is 5.88. The second-order valence-corrected chi connectivity index (χ2v) is 4.92. The van der Waals surface area contributed by atoms with Crippen LogP contribution in [0, 0.1) is 0 Å². The Morgan fingerprint density at radius 3 is 2.44 bits per heavy atom. The van der Waals surface area contributed by atoms with E-state index in [2.05, 4.69) is 4.98 Å². The molecular weight excluding hydrogens is 208 g/mol. The molecule has 0 radical (unpaired) electrons. The molecule has 0 aliphatic carbocycles. The third-order valence-electron chi connectivity index (χ3n) is 1.80. The molecule has 0 saturated carbocycles. The van der Waals surface area contributed by atoms with Crippen molar-refractivity contribution in [3.8, 4) is 0 Å². The van der Waals surface area contributed by atoms with Gasteiger partial charge in [0.2, 0.25) is 5.76 Å². The Kier molecular flexibility index (Phi) is 3.26. The monoisotopic (exact) mass is 226 g/mol. The van der Waals surface area contributed by atoms with E-state index < -0.39 is 11.6 Å². The quantitative estimate of drug-likeness (QED) is 0.783. The molecule has 5 nitrogen and oxygen atoms in total. The first-order chi connectivity index (χ1) is 7.20. The maximum atomic E-state index is 11.8. The third-order valence-corrected chi connectivity index (χ3v) is 1.80. The average Bonchev–Trinajstić information content (AvgIpc) is 2.44. The summed E-state index contributed by atoms with van der Waals surface area (Å²) in [6, 6.07) is -0.00967. The van der Waals surface area contributed by atoms with E-state index in [1.54, 1.807) is 20.8 Å². The molecule has 1 aromatic heterocycles. The molecule has 90 valence electrons. The lowest BCUT2D eigenvalue weighted by atomic mass is 10.1. The summed E-state index contributed by atoms with van der Waals surface area (Å²) in [5.41, 5.74) is 5.40. The summed E-state index contributed by atoms with van der Waals surface area (Å²) in [5, 5.41) is 0. The van der Waals surface area contributed by atoms with E-state index in [4.69, 9.17) is 14.9 Å². The summed E-state index contributed by atoms with van der Waals surface area (Å²) in [4.78, 5) is 15.8. The van der Waals surface area contributed by atoms with Gasteiger partial charge in [-0.05, 0) is 26.7 Å². The molecule has 1 rings (SSSR count). The van der Waals surface area contributed by atoms with Crippen molar-refractivity contribution in [2.24, 2.45) is 0 Å². The number of carbonyl (C=O) groups excluding carboxylic acids is 1. The van der Waals surface area contributed by atoms with Crippen molar-refractivity contribution in [1.82, 2.24) is 4.98 Å². The number of rotatable bonds is 2. The van der Waals surface area contributed by atoms with Crippen LogP contribution in [0.5, 0.6) is 0 Å². The highest BCUT2D eigenvalue weighted by Gasteiger charge is 2.26. The van der Waals surface area contributed by atoms with E-state index in [9.17, 15) is 4.79 Å². The lowest BCUT2D eigenvalue weighted by Gasteiger charge is -2.18. The molecule has 0 amide bonds. The molecule has 0 unspecified atom stereocenters. The molecule has 0 aromatic carbocycles. The summed E-state index contributed by atoms with van der Waals surface area (Å²) >= 11 is 0. The molecule has 5 heteroatoms. The van der Waals surface area contributed by atoms with Crippen molar-refractivity contribution in [2.75, 3.05) is 5.73 Å². The van der Waals surface area contributed by atoms with Gasteiger partial charge in [0, 0.05) is 0 Å². The Hall–Kier alpha value is -1.52. The fraction of sp³-hybridized carbons (Fsp3) is 0.636. The summed E-state index contributed by atoms with van der Waals surface area (Å²) < 4.78 is 10.3. The first-order valence-corrected chi connectivity index (χ1v) is 5.20. The smallest absolute Gasteiger partial charge is 0.376 e. The number of nitrogen functional groups attached to an aromatic ring is 1. The van der Waals surface area contributed by atoms with Crippen molar-refractivity contribution >= 4 is 12.0 Å². The summed E-state index contributed by atoms with van der Waals surface area (Å²) in [5.74, 6) is -0.369. The number of ether oxygens (including phenoxy) is 1. The highest BCUT2D eigenvalue weighted by atomic mass is 16.6. The zero-order valence-electron chi connectivity index (χ0n) is 10.3. The minimum atomic E-state index is -0.563. The van der Waals surface area contributed by atoms with Gasteiger partial charge in [-0.25, -0.2) is 4.79 Å². The lowest BCUT2D eigenvalue weighted by molar-refractivity contribution is 0.00350. The van der Waals surface area contributed by atoms with Gasteiger partial charge in [0.05, 0.1) is 5.69 Å². The van der Waals surface area contributed by atoms with E-state index in [-0.39, 0.29) is 17.7 Å². The highest BCUT2D eigenvalue weighted by Crippen LogP contribution is 2.23. The SMILES string of the molecule is CC(C)c1nc(N)oc1C(=O)OC(C)(C)C. The number of esters is 1. The average molecular weight is 226 g/mol. The largest absolute Gasteiger partial charge is 0.454 e. The number of hydrogen-bond donors (Lipinski definition) is 1. The van der Waals surface area contributed by atoms with E-state index in [0.717, 1.165) is 0 Å². The standard InChI is InChI=1S/C11H18N2O3/c1-6(2)7-8(15-10(12)13-7)9(14)16-11(3,4)5/h6H,1-5H3,(H2,12,13). The maximum absolute atomic E-state index is 11.8. The third kappa shape index (κ3) is 2.98. The van der Waals surface area contributed by atoms with Crippen LogP contribution in [0.15, 0.2) is 4.42 Å². The number of carbonyl (C=O) groups is 1. The molecule has 2 N–H and O–H groups in total. The van der Waals surface area contributed by atoms with Crippen molar-refractivity contribution in [3.05, 3.63) is 11.5 Å². The topological polar surface area (TPSA) is 78.4 Å². The van der Waals surface area contributed by atoms with E-state index >= 15 is 0 Å². The van der Waals surface area contributed by atoms with E-state index in [1.807, 2.05) is 13.8 Å². The maximum Gasteiger partial charge on any atom is 0.376 e. The molecule has 1 heterocycles. The van der Waals surface area contributed by atoms with E-state index in [0.29, 0.717) is 5.69 Å². The lowest BCUT2D eigenvalue weighted by Crippen LogP contribution is -2.24. The summed E-state index contributed by atoms with van der Waals surface area (Å²) in [6.07, 6.45) is 0. The van der Waals surface area contributed by atoms with Crippen LogP contribution in [0.2, 0.25) is 0 Å². The first-order valence-electron chi connectivity index (χ1n) is 5.20. The van der Waals surface area contributed by atoms with Crippen LogP contribution < -0.4 is 5.73 Å². The second-order valence-electron chi connectivity index (χ2n) is 4.92. The van der Waals surface area contributed by atoms with Crippen LogP contribution in [0.4, 0.5) is 6.01 Å². The Labute approximate surface area is 95.0 Å². The molecule has 0 aliphatic rings. The molecule has 0 saturated heterocycles. The normalized spacial score (nSPS) is 11.9. The number of oxazole rings is 1. The molecule has 1 aromatic rings. The molecule has 16 heavy (non-hydrogen) atoms. The minimum absolute atomic E-state index is 0.00967. The molecule has 0 bridgehead atoms. The number of aromatic nitrogens is 1. The molecule has 0 atom stereocenters. The van der Waals surface area contributed by atoms with Crippen LogP contribution in [-0.4, -0.2) is 16.6 Å². The number of hydrogen-bond acceptors (Lipinski definition) is 5. The number of nitrogens with two attached hydrogens (primary N) is 1. The van der Waals surface area contributed by atoms with Gasteiger partial charge in [0.1, 0.15) is 5.60 Å². The zero-order chi connectivity index (χ0) is 12.5. The fourth-order valence-electron chi connectivity index (χ4n) is 1.21. The van der Waals surface area contributed by atoms with Crippen LogP contribution in [0.25, 0.3) is 0 Å². The minimum Gasteiger partial charge on any atom is -0.454 e. The Morgan fingerprint density at radius 2 is 2.00 bits per heavy atom. The van der Waals surface area contributed by atoms with Crippen molar-refractivity contribution in [1.29, 1.82) is 0 Å². The van der Waals surface area contributed by atoms with Gasteiger partial charge >= 0.3 is 5.97 Å². The Bertz CT molecular complexity index is 388. The van der Waals surface area contributed by atoms with Crippen LogP contribution in [0.3, 0.4) is 0 Å². The Balaban J connectivity index is 2.99. The molecule has 0 aliphatic heterocycles. The predicted octanol–water partition coefficient (Wildman–Crippen LogP) is 2.34. The van der Waals surface area contributed by atoms with Crippen LogP contribution in [0.1, 0.15) is 56.8 Å². The van der Waals surface area contributed by atoms with Crippen molar-refractivity contribution < 1.29 is 13.9 Å². The van der Waals surface area contributed by atoms with Crippen LogP contribution in [-0.2, 0) is 4.74 Å². The van der Waals surface area contributed by atoms with Gasteiger partial charge < -0.3 is 14.9 Å². The molecule has 0 fully saturated rings. The van der Waals surface area contributed by atoms with Gasteiger partial charge in [-0.3, -0.25) is 0 Å². The molecular formula is C11H18N2O3. The predicted molar refractivity (Wildman–Crippen MR) is 60.2 cm³/mol. The van der Waals surface area contributed by atoms with Gasteiger partial charge in [-0.15, -0.1) is 0 Å².